The van der Waals surface area contributed by atoms with Crippen molar-refractivity contribution in [3.63, 3.8) is 0 Å². The molecule has 6 heteroatoms. The number of carbonyl (C=O) groups excluding carboxylic acids is 1. The van der Waals surface area contributed by atoms with Crippen LogP contribution in [0.25, 0.3) is 0 Å². The first-order chi connectivity index (χ1) is 10.1. The van der Waals surface area contributed by atoms with Crippen LogP contribution in [0, 0.1) is 17.3 Å². The predicted molar refractivity (Wildman–Crippen MR) is 84.7 cm³/mol. The van der Waals surface area contributed by atoms with E-state index in [1.54, 1.807) is 14.0 Å². The van der Waals surface area contributed by atoms with E-state index in [0.29, 0.717) is 12.5 Å². The highest BCUT2D eigenvalue weighted by atomic mass is 16.5. The molecule has 0 aliphatic carbocycles. The number of carboxylic acids is 1. The lowest BCUT2D eigenvalue weighted by molar-refractivity contribution is -0.141. The number of carboxylic acid groups (broad SMARTS) is 1. The van der Waals surface area contributed by atoms with E-state index in [4.69, 9.17) is 9.84 Å². The Bertz CT molecular complexity index is 392. The summed E-state index contributed by atoms with van der Waals surface area (Å²) in [7, 11) is 1.62. The molecule has 1 saturated heterocycles. The second-order valence-corrected chi connectivity index (χ2v) is 7.37. The summed E-state index contributed by atoms with van der Waals surface area (Å²) in [5, 5.41) is 11.8. The fourth-order valence-corrected chi connectivity index (χ4v) is 2.93. The van der Waals surface area contributed by atoms with Crippen molar-refractivity contribution in [1.29, 1.82) is 0 Å². The van der Waals surface area contributed by atoms with Crippen LogP contribution >= 0.6 is 0 Å². The van der Waals surface area contributed by atoms with Crippen molar-refractivity contribution in [1.82, 2.24) is 10.2 Å². The van der Waals surface area contributed by atoms with Crippen molar-refractivity contribution in [3.05, 3.63) is 0 Å². The van der Waals surface area contributed by atoms with E-state index in [2.05, 4.69) is 26.1 Å². The first-order valence-electron chi connectivity index (χ1n) is 7.96. The Kier molecular flexibility index (Phi) is 6.66. The third kappa shape index (κ3) is 5.48. The lowest BCUT2D eigenvalue weighted by atomic mass is 9.78. The van der Waals surface area contributed by atoms with E-state index in [1.807, 2.05) is 0 Å². The molecule has 1 aliphatic heterocycles. The SMILES string of the molecule is CC(CN(C)C(=O)NCC1CCCOC1C(C)(C)C)C(=O)O. The summed E-state index contributed by atoms with van der Waals surface area (Å²) in [5.74, 6) is -1.17. The van der Waals surface area contributed by atoms with Crippen LogP contribution in [0.3, 0.4) is 0 Å². The maximum absolute atomic E-state index is 12.1. The molecule has 0 radical (unpaired) electrons. The second-order valence-electron chi connectivity index (χ2n) is 7.37. The van der Waals surface area contributed by atoms with Gasteiger partial charge in [-0.05, 0) is 18.3 Å². The summed E-state index contributed by atoms with van der Waals surface area (Å²) < 4.78 is 5.90. The van der Waals surface area contributed by atoms with E-state index in [1.165, 1.54) is 4.90 Å². The third-order valence-electron chi connectivity index (χ3n) is 4.13. The summed E-state index contributed by atoms with van der Waals surface area (Å²) in [6, 6.07) is -0.230. The zero-order valence-corrected chi connectivity index (χ0v) is 14.4. The molecule has 2 N–H and O–H groups in total. The number of nitrogens with one attached hydrogen (secondary N) is 1. The van der Waals surface area contributed by atoms with Crippen molar-refractivity contribution in [2.45, 2.75) is 46.6 Å². The predicted octanol–water partition coefficient (Wildman–Crippen LogP) is 2.19. The highest BCUT2D eigenvalue weighted by Crippen LogP contribution is 2.33. The molecule has 2 amide bonds. The van der Waals surface area contributed by atoms with Crippen molar-refractivity contribution < 1.29 is 19.4 Å². The van der Waals surface area contributed by atoms with Gasteiger partial charge < -0.3 is 20.1 Å². The average Bonchev–Trinajstić information content (AvgIpc) is 2.43. The minimum absolute atomic E-state index is 0.0412. The molecule has 0 aromatic heterocycles. The van der Waals surface area contributed by atoms with Crippen molar-refractivity contribution >= 4 is 12.0 Å². The van der Waals surface area contributed by atoms with Gasteiger partial charge in [-0.2, -0.15) is 0 Å². The molecule has 0 bridgehead atoms. The molecular weight excluding hydrogens is 284 g/mol. The lowest BCUT2D eigenvalue weighted by Gasteiger charge is -2.40. The number of hydrogen-bond donors (Lipinski definition) is 2. The standard InChI is InChI=1S/C16H30N2O4/c1-11(14(19)20)10-18(5)15(21)17-9-12-7-6-8-22-13(12)16(2,3)4/h11-13H,6-10H2,1-5H3,(H,17,21)(H,19,20). The highest BCUT2D eigenvalue weighted by molar-refractivity contribution is 5.75. The van der Waals surface area contributed by atoms with Gasteiger partial charge in [0.25, 0.3) is 0 Å². The van der Waals surface area contributed by atoms with E-state index in [9.17, 15) is 9.59 Å². The van der Waals surface area contributed by atoms with Gasteiger partial charge in [0.05, 0.1) is 12.0 Å². The fourth-order valence-electron chi connectivity index (χ4n) is 2.93. The topological polar surface area (TPSA) is 78.9 Å². The number of nitrogens with zero attached hydrogens (tertiary/aromatic N) is 1. The van der Waals surface area contributed by atoms with Crippen LogP contribution in [0.5, 0.6) is 0 Å². The number of aliphatic carboxylic acids is 1. The number of carbonyl (C=O) groups is 2. The summed E-state index contributed by atoms with van der Waals surface area (Å²) in [6.07, 6.45) is 2.18. The number of urea groups is 1. The molecule has 128 valence electrons. The van der Waals surface area contributed by atoms with Crippen molar-refractivity contribution in [2.24, 2.45) is 17.3 Å². The Morgan fingerprint density at radius 3 is 2.59 bits per heavy atom. The summed E-state index contributed by atoms with van der Waals surface area (Å²) >= 11 is 0. The van der Waals surface area contributed by atoms with Gasteiger partial charge in [0.15, 0.2) is 0 Å². The Morgan fingerprint density at radius 2 is 2.05 bits per heavy atom. The van der Waals surface area contributed by atoms with Crippen LogP contribution in [0.4, 0.5) is 4.79 Å². The Labute approximate surface area is 133 Å². The molecule has 0 spiro atoms. The van der Waals surface area contributed by atoms with Crippen molar-refractivity contribution in [3.8, 4) is 0 Å². The zero-order chi connectivity index (χ0) is 16.9. The fraction of sp³-hybridized carbons (Fsp3) is 0.875. The van der Waals surface area contributed by atoms with Crippen LogP contribution in [-0.2, 0) is 9.53 Å². The third-order valence-corrected chi connectivity index (χ3v) is 4.13. The monoisotopic (exact) mass is 314 g/mol. The molecule has 6 nitrogen and oxygen atoms in total. The molecule has 22 heavy (non-hydrogen) atoms. The Hall–Kier alpha value is -1.30. The highest BCUT2D eigenvalue weighted by Gasteiger charge is 2.35. The maximum atomic E-state index is 12.1. The maximum Gasteiger partial charge on any atom is 0.317 e. The summed E-state index contributed by atoms with van der Waals surface area (Å²) in [4.78, 5) is 24.3. The van der Waals surface area contributed by atoms with Crippen molar-refractivity contribution in [2.75, 3.05) is 26.7 Å². The largest absolute Gasteiger partial charge is 0.481 e. The minimum Gasteiger partial charge on any atom is -0.481 e. The van der Waals surface area contributed by atoms with Gasteiger partial charge in [-0.25, -0.2) is 4.79 Å². The quantitative estimate of drug-likeness (QED) is 0.815. The second kappa shape index (κ2) is 7.81. The van der Waals surface area contributed by atoms with Gasteiger partial charge in [-0.15, -0.1) is 0 Å². The Balaban J connectivity index is 2.49. The molecule has 1 heterocycles. The number of ether oxygens (including phenoxy) is 1. The van der Waals surface area contributed by atoms with Gasteiger partial charge in [0, 0.05) is 32.7 Å². The van der Waals surface area contributed by atoms with E-state index in [0.717, 1.165) is 19.4 Å². The molecule has 0 aromatic rings. The zero-order valence-electron chi connectivity index (χ0n) is 14.4. The number of amides is 2. The van der Waals surface area contributed by atoms with E-state index >= 15 is 0 Å². The first-order valence-corrected chi connectivity index (χ1v) is 7.96. The molecular formula is C16H30N2O4. The number of rotatable bonds is 5. The van der Waals surface area contributed by atoms with Gasteiger partial charge in [0.2, 0.25) is 0 Å². The molecule has 3 unspecified atom stereocenters. The lowest BCUT2D eigenvalue weighted by Crippen LogP contribution is -2.48. The number of hydrogen-bond acceptors (Lipinski definition) is 3. The molecule has 3 atom stereocenters. The average molecular weight is 314 g/mol. The van der Waals surface area contributed by atoms with Gasteiger partial charge >= 0.3 is 12.0 Å². The van der Waals surface area contributed by atoms with Gasteiger partial charge in [-0.1, -0.05) is 27.7 Å². The van der Waals surface area contributed by atoms with Crippen LogP contribution < -0.4 is 5.32 Å². The summed E-state index contributed by atoms with van der Waals surface area (Å²) in [6.45, 7) is 9.59. The normalized spacial score (nSPS) is 23.7. The van der Waals surface area contributed by atoms with Crippen LogP contribution in [0.15, 0.2) is 0 Å². The van der Waals surface area contributed by atoms with Crippen LogP contribution in [0.2, 0.25) is 0 Å². The van der Waals surface area contributed by atoms with Crippen LogP contribution in [0.1, 0.15) is 40.5 Å². The van der Waals surface area contributed by atoms with E-state index < -0.39 is 11.9 Å². The summed E-state index contributed by atoms with van der Waals surface area (Å²) in [5.41, 5.74) is 0.0412. The van der Waals surface area contributed by atoms with Gasteiger partial charge in [-0.3, -0.25) is 4.79 Å². The van der Waals surface area contributed by atoms with E-state index in [-0.39, 0.29) is 24.1 Å². The van der Waals surface area contributed by atoms with Crippen LogP contribution in [-0.4, -0.2) is 54.9 Å². The minimum atomic E-state index is -0.895. The Morgan fingerprint density at radius 1 is 1.41 bits per heavy atom. The first kappa shape index (κ1) is 18.7. The molecule has 0 saturated carbocycles. The molecule has 1 fully saturated rings. The smallest absolute Gasteiger partial charge is 0.317 e. The molecule has 1 rings (SSSR count). The van der Waals surface area contributed by atoms with Gasteiger partial charge in [0.1, 0.15) is 0 Å². The molecule has 1 aliphatic rings. The molecule has 0 aromatic carbocycles.